The zero-order chi connectivity index (χ0) is 26.4. The number of phenolic OH excluding ortho intramolecular Hbond substituents is 1. The van der Waals surface area contributed by atoms with Gasteiger partial charge in [-0.3, -0.25) is 14.4 Å². The van der Waals surface area contributed by atoms with Crippen molar-refractivity contribution in [3.63, 3.8) is 0 Å². The van der Waals surface area contributed by atoms with E-state index in [0.717, 1.165) is 0 Å². The first kappa shape index (κ1) is 28.7. The molecule has 0 aliphatic carbocycles. The predicted octanol–water partition coefficient (Wildman–Crippen LogP) is 2.27. The fourth-order valence-electron chi connectivity index (χ4n) is 3.20. The van der Waals surface area contributed by atoms with Crippen LogP contribution < -0.4 is 16.4 Å². The van der Waals surface area contributed by atoms with Crippen molar-refractivity contribution in [2.75, 3.05) is 7.05 Å². The molecule has 1 rings (SSSR count). The molecule has 34 heavy (non-hydrogen) atoms. The standard InChI is InChI=1S/C24H38N4O6/c1-14-13-15(9-11-17(14)29)19(20(31)27-23(2,3)4)28(8)21(32)16(10-12-18(25)30)26-22(33)34-24(5,6)7/h9,11,13,16,19,29H,10,12H2,1-8H3,(H2,25,30)(H,26,33)(H,27,31). The van der Waals surface area contributed by atoms with Gasteiger partial charge >= 0.3 is 6.09 Å². The molecule has 0 saturated heterocycles. The summed E-state index contributed by atoms with van der Waals surface area (Å²) in [5.41, 5.74) is 4.88. The first-order valence-corrected chi connectivity index (χ1v) is 11.1. The average Bonchev–Trinajstić information content (AvgIpc) is 2.64. The van der Waals surface area contributed by atoms with Gasteiger partial charge in [0.25, 0.3) is 0 Å². The second kappa shape index (κ2) is 11.2. The zero-order valence-corrected chi connectivity index (χ0v) is 21.3. The quantitative estimate of drug-likeness (QED) is 0.450. The fraction of sp³-hybridized carbons (Fsp3) is 0.583. The number of hydrogen-bond acceptors (Lipinski definition) is 6. The number of rotatable bonds is 8. The third kappa shape index (κ3) is 9.29. The number of ether oxygens (including phenoxy) is 1. The number of benzene rings is 1. The number of hydrogen-bond donors (Lipinski definition) is 4. The molecule has 190 valence electrons. The maximum atomic E-state index is 13.5. The Kier molecular flexibility index (Phi) is 9.48. The van der Waals surface area contributed by atoms with Crippen molar-refractivity contribution < 1.29 is 29.0 Å². The maximum absolute atomic E-state index is 13.5. The lowest BCUT2D eigenvalue weighted by atomic mass is 9.99. The summed E-state index contributed by atoms with van der Waals surface area (Å²) in [6.07, 6.45) is -1.06. The lowest BCUT2D eigenvalue weighted by Crippen LogP contribution is -2.53. The van der Waals surface area contributed by atoms with Crippen LogP contribution in [0.4, 0.5) is 4.79 Å². The molecular weight excluding hydrogens is 440 g/mol. The highest BCUT2D eigenvalue weighted by atomic mass is 16.6. The molecule has 10 heteroatoms. The Labute approximate surface area is 201 Å². The molecule has 0 aromatic heterocycles. The van der Waals surface area contributed by atoms with Gasteiger partial charge in [-0.15, -0.1) is 0 Å². The first-order chi connectivity index (χ1) is 15.4. The third-order valence-electron chi connectivity index (χ3n) is 4.69. The molecule has 0 fully saturated rings. The van der Waals surface area contributed by atoms with Crippen LogP contribution >= 0.6 is 0 Å². The van der Waals surface area contributed by atoms with E-state index in [0.29, 0.717) is 11.1 Å². The van der Waals surface area contributed by atoms with Crippen molar-refractivity contribution in [3.05, 3.63) is 29.3 Å². The number of carbonyl (C=O) groups is 4. The number of nitrogens with zero attached hydrogens (tertiary/aromatic N) is 1. The largest absolute Gasteiger partial charge is 0.508 e. The van der Waals surface area contributed by atoms with E-state index >= 15 is 0 Å². The van der Waals surface area contributed by atoms with Crippen molar-refractivity contribution in [2.45, 2.75) is 84.5 Å². The van der Waals surface area contributed by atoms with Gasteiger partial charge in [0, 0.05) is 19.0 Å². The Morgan fingerprint density at radius 3 is 2.18 bits per heavy atom. The van der Waals surface area contributed by atoms with Crippen molar-refractivity contribution in [1.82, 2.24) is 15.5 Å². The Balaban J connectivity index is 3.34. The lowest BCUT2D eigenvalue weighted by Gasteiger charge is -2.33. The Morgan fingerprint density at radius 2 is 1.71 bits per heavy atom. The Hall–Kier alpha value is -3.30. The van der Waals surface area contributed by atoms with Gasteiger partial charge in [0.2, 0.25) is 17.7 Å². The summed E-state index contributed by atoms with van der Waals surface area (Å²) >= 11 is 0. The lowest BCUT2D eigenvalue weighted by molar-refractivity contribution is -0.141. The number of carbonyl (C=O) groups excluding carboxylic acids is 4. The van der Waals surface area contributed by atoms with E-state index in [1.807, 2.05) is 20.8 Å². The van der Waals surface area contributed by atoms with E-state index < -0.39 is 47.0 Å². The minimum absolute atomic E-state index is 0.0543. The SMILES string of the molecule is Cc1cc(C(C(=O)NC(C)(C)C)N(C)C(=O)C(CCC(N)=O)NC(=O)OC(C)(C)C)ccc1O. The van der Waals surface area contributed by atoms with Gasteiger partial charge in [-0.05, 0) is 78.1 Å². The monoisotopic (exact) mass is 478 g/mol. The summed E-state index contributed by atoms with van der Waals surface area (Å²) in [6.45, 7) is 12.2. The molecule has 5 N–H and O–H groups in total. The summed E-state index contributed by atoms with van der Waals surface area (Å²) < 4.78 is 5.25. The molecule has 0 radical (unpaired) electrons. The molecule has 0 saturated carbocycles. The van der Waals surface area contributed by atoms with Gasteiger partial charge in [0.1, 0.15) is 23.4 Å². The second-order valence-corrected chi connectivity index (χ2v) is 10.3. The number of likely N-dealkylation sites (N-methyl/N-ethyl adjacent to an activating group) is 1. The van der Waals surface area contributed by atoms with Gasteiger partial charge in [-0.25, -0.2) is 4.79 Å². The van der Waals surface area contributed by atoms with E-state index in [-0.39, 0.29) is 18.6 Å². The minimum atomic E-state index is -1.16. The minimum Gasteiger partial charge on any atom is -0.508 e. The van der Waals surface area contributed by atoms with Gasteiger partial charge in [0.05, 0.1) is 0 Å². The average molecular weight is 479 g/mol. The predicted molar refractivity (Wildman–Crippen MR) is 128 cm³/mol. The molecule has 0 spiro atoms. The number of nitrogens with two attached hydrogens (primary N) is 1. The van der Waals surface area contributed by atoms with Crippen LogP contribution in [0.3, 0.4) is 0 Å². The molecule has 0 bridgehead atoms. The molecule has 2 unspecified atom stereocenters. The number of alkyl carbamates (subject to hydrolysis) is 1. The summed E-state index contributed by atoms with van der Waals surface area (Å²) in [7, 11) is 1.44. The van der Waals surface area contributed by atoms with Crippen LogP contribution in [0.1, 0.15) is 71.6 Å². The Bertz CT molecular complexity index is 917. The highest BCUT2D eigenvalue weighted by Crippen LogP contribution is 2.27. The summed E-state index contributed by atoms with van der Waals surface area (Å²) in [5, 5.41) is 15.3. The topological polar surface area (TPSA) is 151 Å². The summed E-state index contributed by atoms with van der Waals surface area (Å²) in [4.78, 5) is 51.6. The number of aromatic hydroxyl groups is 1. The number of aryl methyl sites for hydroxylation is 1. The highest BCUT2D eigenvalue weighted by Gasteiger charge is 2.35. The number of amides is 4. The fourth-order valence-corrected chi connectivity index (χ4v) is 3.20. The van der Waals surface area contributed by atoms with E-state index in [1.54, 1.807) is 39.8 Å². The maximum Gasteiger partial charge on any atom is 0.408 e. The first-order valence-electron chi connectivity index (χ1n) is 11.1. The molecule has 4 amide bonds. The molecule has 1 aromatic carbocycles. The molecule has 0 heterocycles. The van der Waals surface area contributed by atoms with Crippen molar-refractivity contribution in [3.8, 4) is 5.75 Å². The third-order valence-corrected chi connectivity index (χ3v) is 4.69. The van der Waals surface area contributed by atoms with Crippen LogP contribution in [0.15, 0.2) is 18.2 Å². The van der Waals surface area contributed by atoms with Crippen molar-refractivity contribution in [2.24, 2.45) is 5.73 Å². The van der Waals surface area contributed by atoms with Crippen molar-refractivity contribution in [1.29, 1.82) is 0 Å². The smallest absolute Gasteiger partial charge is 0.408 e. The molecule has 0 aliphatic rings. The number of nitrogens with one attached hydrogen (secondary N) is 2. The Morgan fingerprint density at radius 1 is 1.12 bits per heavy atom. The normalized spacial score (nSPS) is 13.4. The molecule has 10 nitrogen and oxygen atoms in total. The number of primary amides is 1. The van der Waals surface area contributed by atoms with Crippen LogP contribution in [-0.2, 0) is 19.1 Å². The molecular formula is C24H38N4O6. The zero-order valence-electron chi connectivity index (χ0n) is 21.3. The van der Waals surface area contributed by atoms with Crippen LogP contribution in [0.5, 0.6) is 5.75 Å². The second-order valence-electron chi connectivity index (χ2n) is 10.3. The van der Waals surface area contributed by atoms with Gasteiger partial charge in [0.15, 0.2) is 0 Å². The van der Waals surface area contributed by atoms with E-state index in [1.165, 1.54) is 18.0 Å². The van der Waals surface area contributed by atoms with Crippen molar-refractivity contribution >= 4 is 23.8 Å². The number of phenols is 1. The van der Waals surface area contributed by atoms with Gasteiger partial charge < -0.3 is 31.1 Å². The van der Waals surface area contributed by atoms with E-state index in [9.17, 15) is 24.3 Å². The van der Waals surface area contributed by atoms with E-state index in [2.05, 4.69) is 10.6 Å². The van der Waals surface area contributed by atoms with Gasteiger partial charge in [-0.1, -0.05) is 6.07 Å². The van der Waals surface area contributed by atoms with Crippen LogP contribution in [-0.4, -0.2) is 58.1 Å². The highest BCUT2D eigenvalue weighted by molar-refractivity contribution is 5.92. The van der Waals surface area contributed by atoms with Gasteiger partial charge in [-0.2, -0.15) is 0 Å². The summed E-state index contributed by atoms with van der Waals surface area (Å²) in [6, 6.07) is 2.40. The van der Waals surface area contributed by atoms with Crippen LogP contribution in [0.25, 0.3) is 0 Å². The summed E-state index contributed by atoms with van der Waals surface area (Å²) in [5.74, 6) is -1.63. The molecule has 2 atom stereocenters. The molecule has 1 aromatic rings. The van der Waals surface area contributed by atoms with E-state index in [4.69, 9.17) is 10.5 Å². The van der Waals surface area contributed by atoms with Crippen LogP contribution in [0.2, 0.25) is 0 Å². The molecule has 0 aliphatic heterocycles. The van der Waals surface area contributed by atoms with Crippen LogP contribution in [0, 0.1) is 6.92 Å².